The second-order valence-corrected chi connectivity index (χ2v) is 5.58. The first-order valence-electron chi connectivity index (χ1n) is 6.34. The van der Waals surface area contributed by atoms with Crippen LogP contribution in [0.3, 0.4) is 0 Å². The number of rotatable bonds is 4. The molecule has 4 heteroatoms. The molecule has 0 radical (unpaired) electrons. The molecule has 0 saturated carbocycles. The molecule has 1 aliphatic rings. The van der Waals surface area contributed by atoms with Crippen LogP contribution in [0.2, 0.25) is 0 Å². The zero-order valence-electron chi connectivity index (χ0n) is 10.7. The van der Waals surface area contributed by atoms with Crippen molar-refractivity contribution in [2.45, 2.75) is 24.9 Å². The summed E-state index contributed by atoms with van der Waals surface area (Å²) in [5.74, 6) is 1.07. The summed E-state index contributed by atoms with van der Waals surface area (Å²) < 4.78 is 0. The average Bonchev–Trinajstić information content (AvgIpc) is 2.87. The Labute approximate surface area is 113 Å². The highest BCUT2D eigenvalue weighted by Gasteiger charge is 2.31. The fourth-order valence-corrected chi connectivity index (χ4v) is 3.20. The predicted octanol–water partition coefficient (Wildman–Crippen LogP) is 2.04. The lowest BCUT2D eigenvalue weighted by molar-refractivity contribution is -0.133. The van der Waals surface area contributed by atoms with Gasteiger partial charge in [0.25, 0.3) is 0 Å². The van der Waals surface area contributed by atoms with Gasteiger partial charge < -0.3 is 10.6 Å². The van der Waals surface area contributed by atoms with Gasteiger partial charge in [-0.1, -0.05) is 30.3 Å². The number of benzene rings is 1. The highest BCUT2D eigenvalue weighted by molar-refractivity contribution is 7.98. The summed E-state index contributed by atoms with van der Waals surface area (Å²) >= 11 is 1.79. The molecule has 1 saturated heterocycles. The SMILES string of the molecule is CSC[C@H]1CCCN1C(=O)[C@H](N)c1ccccc1. The predicted molar refractivity (Wildman–Crippen MR) is 76.5 cm³/mol. The highest BCUT2D eigenvalue weighted by Crippen LogP contribution is 2.24. The Hall–Kier alpha value is -1.00. The van der Waals surface area contributed by atoms with Crippen LogP contribution in [0.1, 0.15) is 24.4 Å². The Bertz CT molecular complexity index is 396. The lowest BCUT2D eigenvalue weighted by atomic mass is 10.1. The smallest absolute Gasteiger partial charge is 0.244 e. The van der Waals surface area contributed by atoms with Gasteiger partial charge in [-0.2, -0.15) is 11.8 Å². The van der Waals surface area contributed by atoms with E-state index in [4.69, 9.17) is 5.73 Å². The second-order valence-electron chi connectivity index (χ2n) is 4.67. The lowest BCUT2D eigenvalue weighted by Crippen LogP contribution is -2.42. The number of thioether (sulfide) groups is 1. The fourth-order valence-electron chi connectivity index (χ4n) is 2.47. The van der Waals surface area contributed by atoms with Crippen LogP contribution in [0.25, 0.3) is 0 Å². The first kappa shape index (κ1) is 13.4. The van der Waals surface area contributed by atoms with Gasteiger partial charge in [0.05, 0.1) is 0 Å². The molecule has 98 valence electrons. The summed E-state index contributed by atoms with van der Waals surface area (Å²) in [5.41, 5.74) is 6.98. The Morgan fingerprint density at radius 2 is 2.22 bits per heavy atom. The van der Waals surface area contributed by atoms with Crippen LogP contribution < -0.4 is 5.73 Å². The molecule has 0 aromatic heterocycles. The van der Waals surface area contributed by atoms with Gasteiger partial charge in [-0.15, -0.1) is 0 Å². The zero-order chi connectivity index (χ0) is 13.0. The number of amides is 1. The number of carbonyl (C=O) groups excluding carboxylic acids is 1. The number of likely N-dealkylation sites (tertiary alicyclic amines) is 1. The van der Waals surface area contributed by atoms with Gasteiger partial charge in [-0.05, 0) is 24.7 Å². The third-order valence-corrected chi connectivity index (χ3v) is 4.16. The summed E-state index contributed by atoms with van der Waals surface area (Å²) in [4.78, 5) is 14.4. The zero-order valence-corrected chi connectivity index (χ0v) is 11.5. The van der Waals surface area contributed by atoms with Crippen molar-refractivity contribution in [1.82, 2.24) is 4.90 Å². The molecule has 2 N–H and O–H groups in total. The Morgan fingerprint density at radius 1 is 1.50 bits per heavy atom. The van der Waals surface area contributed by atoms with Crippen molar-refractivity contribution < 1.29 is 4.79 Å². The van der Waals surface area contributed by atoms with Crippen LogP contribution in [0, 0.1) is 0 Å². The van der Waals surface area contributed by atoms with E-state index >= 15 is 0 Å². The molecule has 18 heavy (non-hydrogen) atoms. The molecular weight excluding hydrogens is 244 g/mol. The largest absolute Gasteiger partial charge is 0.337 e. The summed E-state index contributed by atoms with van der Waals surface area (Å²) in [7, 11) is 0. The minimum absolute atomic E-state index is 0.0674. The normalized spacial score (nSPS) is 21.0. The lowest BCUT2D eigenvalue weighted by Gasteiger charge is -2.27. The van der Waals surface area contributed by atoms with Crippen molar-refractivity contribution in [2.24, 2.45) is 5.73 Å². The van der Waals surface area contributed by atoms with E-state index in [9.17, 15) is 4.79 Å². The van der Waals surface area contributed by atoms with E-state index < -0.39 is 6.04 Å². The van der Waals surface area contributed by atoms with E-state index in [2.05, 4.69) is 6.26 Å². The first-order chi connectivity index (χ1) is 8.74. The first-order valence-corrected chi connectivity index (χ1v) is 7.73. The standard InChI is InChI=1S/C14H20N2OS/c1-18-10-12-8-5-9-16(12)14(17)13(15)11-6-3-2-4-7-11/h2-4,6-7,12-13H,5,8-10,15H2,1H3/t12-,13-/m1/s1. The molecule has 1 fully saturated rings. The van der Waals surface area contributed by atoms with Gasteiger partial charge in [0.15, 0.2) is 0 Å². The maximum absolute atomic E-state index is 12.4. The number of hydrogen-bond donors (Lipinski definition) is 1. The van der Waals surface area contributed by atoms with Crippen LogP contribution in [0.5, 0.6) is 0 Å². The Kier molecular flexibility index (Phi) is 4.66. The second kappa shape index (κ2) is 6.25. The molecule has 3 nitrogen and oxygen atoms in total. The third-order valence-electron chi connectivity index (χ3n) is 3.44. The van der Waals surface area contributed by atoms with E-state index in [1.165, 1.54) is 0 Å². The highest BCUT2D eigenvalue weighted by atomic mass is 32.2. The van der Waals surface area contributed by atoms with Crippen molar-refractivity contribution in [3.63, 3.8) is 0 Å². The van der Waals surface area contributed by atoms with Crippen molar-refractivity contribution in [2.75, 3.05) is 18.6 Å². The molecule has 1 amide bonds. The molecule has 0 spiro atoms. The van der Waals surface area contributed by atoms with Crippen molar-refractivity contribution in [1.29, 1.82) is 0 Å². The molecule has 0 bridgehead atoms. The summed E-state index contributed by atoms with van der Waals surface area (Å²) in [6.45, 7) is 0.852. The van der Waals surface area contributed by atoms with Gasteiger partial charge in [-0.25, -0.2) is 0 Å². The van der Waals surface area contributed by atoms with Crippen molar-refractivity contribution in [3.05, 3.63) is 35.9 Å². The summed E-state index contributed by atoms with van der Waals surface area (Å²) in [6, 6.07) is 9.46. The van der Waals surface area contributed by atoms with E-state index in [1.54, 1.807) is 11.8 Å². The van der Waals surface area contributed by atoms with Crippen molar-refractivity contribution >= 4 is 17.7 Å². The van der Waals surface area contributed by atoms with Crippen LogP contribution in [-0.4, -0.2) is 35.4 Å². The topological polar surface area (TPSA) is 46.3 Å². The van der Waals surface area contributed by atoms with Gasteiger partial charge in [0, 0.05) is 18.3 Å². The van der Waals surface area contributed by atoms with Gasteiger partial charge in [0.2, 0.25) is 5.91 Å². The number of hydrogen-bond acceptors (Lipinski definition) is 3. The van der Waals surface area contributed by atoms with Gasteiger partial charge in [0.1, 0.15) is 6.04 Å². The number of carbonyl (C=O) groups is 1. The monoisotopic (exact) mass is 264 g/mol. The van der Waals surface area contributed by atoms with E-state index in [-0.39, 0.29) is 5.91 Å². The summed E-state index contributed by atoms with van der Waals surface area (Å²) in [6.07, 6.45) is 4.28. The molecule has 1 aromatic carbocycles. The molecule has 2 atom stereocenters. The maximum Gasteiger partial charge on any atom is 0.244 e. The van der Waals surface area contributed by atoms with E-state index in [0.717, 1.165) is 30.7 Å². The number of nitrogens with zero attached hydrogens (tertiary/aromatic N) is 1. The fraction of sp³-hybridized carbons (Fsp3) is 0.500. The van der Waals surface area contributed by atoms with Crippen LogP contribution >= 0.6 is 11.8 Å². The molecule has 0 unspecified atom stereocenters. The van der Waals surface area contributed by atoms with Gasteiger partial charge in [-0.3, -0.25) is 4.79 Å². The Balaban J connectivity index is 2.06. The van der Waals surface area contributed by atoms with Crippen LogP contribution in [0.15, 0.2) is 30.3 Å². The molecular formula is C14H20N2OS. The molecule has 2 rings (SSSR count). The average molecular weight is 264 g/mol. The summed E-state index contributed by atoms with van der Waals surface area (Å²) in [5, 5.41) is 0. The van der Waals surface area contributed by atoms with E-state index in [1.807, 2.05) is 35.2 Å². The third kappa shape index (κ3) is 2.87. The van der Waals surface area contributed by atoms with E-state index in [0.29, 0.717) is 6.04 Å². The van der Waals surface area contributed by atoms with Crippen LogP contribution in [0.4, 0.5) is 0 Å². The minimum Gasteiger partial charge on any atom is -0.337 e. The molecule has 1 aliphatic heterocycles. The Morgan fingerprint density at radius 3 is 2.89 bits per heavy atom. The number of nitrogens with two attached hydrogens (primary N) is 1. The molecule has 1 heterocycles. The van der Waals surface area contributed by atoms with Crippen molar-refractivity contribution in [3.8, 4) is 0 Å². The van der Waals surface area contributed by atoms with Gasteiger partial charge >= 0.3 is 0 Å². The minimum atomic E-state index is -0.520. The molecule has 0 aliphatic carbocycles. The van der Waals surface area contributed by atoms with Crippen LogP contribution in [-0.2, 0) is 4.79 Å². The maximum atomic E-state index is 12.4. The molecule has 1 aromatic rings. The quantitative estimate of drug-likeness (QED) is 0.905.